The lowest BCUT2D eigenvalue weighted by molar-refractivity contribution is 0.0170. The molecule has 4 nitrogen and oxygen atoms in total. The van der Waals surface area contributed by atoms with Crippen molar-refractivity contribution in [1.29, 1.82) is 0 Å². The van der Waals surface area contributed by atoms with Gasteiger partial charge < -0.3 is 14.4 Å². The maximum atomic E-state index is 12.1. The molecule has 1 saturated heterocycles. The summed E-state index contributed by atoms with van der Waals surface area (Å²) >= 11 is 0. The summed E-state index contributed by atoms with van der Waals surface area (Å²) in [5, 5.41) is 0. The second-order valence-corrected chi connectivity index (χ2v) is 8.47. The highest BCUT2D eigenvalue weighted by Gasteiger charge is 2.44. The molecule has 0 aromatic heterocycles. The number of hydrogen-bond donors (Lipinski definition) is 0. The van der Waals surface area contributed by atoms with Crippen LogP contribution in [0.4, 0.5) is 4.79 Å². The van der Waals surface area contributed by atoms with Crippen LogP contribution >= 0.6 is 0 Å². The van der Waals surface area contributed by atoms with E-state index in [4.69, 9.17) is 9.47 Å². The first-order valence-electron chi connectivity index (χ1n) is 9.52. The average molecular weight is 345 g/mol. The number of piperidine rings is 1. The molecule has 25 heavy (non-hydrogen) atoms. The Morgan fingerprint density at radius 2 is 1.84 bits per heavy atom. The third-order valence-corrected chi connectivity index (χ3v) is 5.22. The first-order chi connectivity index (χ1) is 11.9. The molecular weight excluding hydrogens is 314 g/mol. The first kappa shape index (κ1) is 18.2. The summed E-state index contributed by atoms with van der Waals surface area (Å²) in [5.74, 6) is 2.24. The van der Waals surface area contributed by atoms with Crippen LogP contribution in [0.2, 0.25) is 0 Å². The molecular formula is C21H31NO3. The van der Waals surface area contributed by atoms with Crippen LogP contribution in [0, 0.1) is 17.8 Å². The Bertz CT molecular complexity index is 558. The van der Waals surface area contributed by atoms with Crippen molar-refractivity contribution < 1.29 is 14.3 Å². The number of likely N-dealkylation sites (tertiary alicyclic amines) is 1. The molecule has 2 fully saturated rings. The van der Waals surface area contributed by atoms with Gasteiger partial charge in [-0.1, -0.05) is 30.3 Å². The topological polar surface area (TPSA) is 38.8 Å². The summed E-state index contributed by atoms with van der Waals surface area (Å²) in [6, 6.07) is 10.4. The van der Waals surface area contributed by atoms with Gasteiger partial charge in [0.2, 0.25) is 0 Å². The van der Waals surface area contributed by atoms with Gasteiger partial charge in [0.15, 0.2) is 0 Å². The van der Waals surface area contributed by atoms with Crippen LogP contribution in [0.1, 0.15) is 45.6 Å². The van der Waals surface area contributed by atoms with E-state index in [0.29, 0.717) is 12.5 Å². The lowest BCUT2D eigenvalue weighted by Crippen LogP contribution is -2.42. The lowest BCUT2D eigenvalue weighted by Gasteiger charge is -2.33. The fraction of sp³-hybridized carbons (Fsp3) is 0.667. The van der Waals surface area contributed by atoms with Crippen molar-refractivity contribution in [2.45, 2.75) is 52.2 Å². The molecule has 0 N–H and O–H groups in total. The normalized spacial score (nSPS) is 24.2. The fourth-order valence-electron chi connectivity index (χ4n) is 3.78. The van der Waals surface area contributed by atoms with Gasteiger partial charge >= 0.3 is 6.09 Å². The van der Waals surface area contributed by atoms with E-state index in [1.165, 1.54) is 12.0 Å². The lowest BCUT2D eigenvalue weighted by atomic mass is 9.91. The van der Waals surface area contributed by atoms with Crippen molar-refractivity contribution in [3.05, 3.63) is 35.9 Å². The van der Waals surface area contributed by atoms with Crippen LogP contribution in [0.25, 0.3) is 0 Å². The zero-order valence-corrected chi connectivity index (χ0v) is 15.7. The summed E-state index contributed by atoms with van der Waals surface area (Å²) in [6.07, 6.45) is 3.31. The molecule has 0 bridgehead atoms. The average Bonchev–Trinajstić information content (AvgIpc) is 3.34. The number of amides is 1. The number of carbonyl (C=O) groups excluding carboxylic acids is 1. The van der Waals surface area contributed by atoms with Gasteiger partial charge in [-0.15, -0.1) is 0 Å². The van der Waals surface area contributed by atoms with E-state index in [1.807, 2.05) is 31.7 Å². The fourth-order valence-corrected chi connectivity index (χ4v) is 3.78. The quantitative estimate of drug-likeness (QED) is 0.789. The molecule has 3 rings (SSSR count). The van der Waals surface area contributed by atoms with Crippen molar-refractivity contribution in [2.24, 2.45) is 17.8 Å². The Hall–Kier alpha value is -1.55. The monoisotopic (exact) mass is 345 g/mol. The van der Waals surface area contributed by atoms with E-state index < -0.39 is 5.60 Å². The molecule has 1 amide bonds. The van der Waals surface area contributed by atoms with Crippen molar-refractivity contribution in [3.8, 4) is 0 Å². The molecule has 1 heterocycles. The van der Waals surface area contributed by atoms with Gasteiger partial charge in [0, 0.05) is 13.1 Å². The largest absolute Gasteiger partial charge is 0.444 e. The third kappa shape index (κ3) is 5.46. The Morgan fingerprint density at radius 1 is 1.16 bits per heavy atom. The zero-order chi connectivity index (χ0) is 17.9. The second-order valence-electron chi connectivity index (χ2n) is 8.47. The number of hydrogen-bond acceptors (Lipinski definition) is 3. The smallest absolute Gasteiger partial charge is 0.410 e. The van der Waals surface area contributed by atoms with Crippen LogP contribution in [0.3, 0.4) is 0 Å². The summed E-state index contributed by atoms with van der Waals surface area (Å²) in [5.41, 5.74) is 0.830. The molecule has 4 heteroatoms. The van der Waals surface area contributed by atoms with E-state index in [-0.39, 0.29) is 6.09 Å². The minimum atomic E-state index is -0.411. The number of ether oxygens (including phenoxy) is 2. The molecule has 1 aliphatic carbocycles. The Kier molecular flexibility index (Phi) is 5.67. The van der Waals surface area contributed by atoms with Gasteiger partial charge in [-0.3, -0.25) is 0 Å². The SMILES string of the molecule is CC(C)(C)OC(=O)N1CCC([C@H]2C[C@@H]2COCc2ccccc2)CC1. The van der Waals surface area contributed by atoms with Gasteiger partial charge in [0.1, 0.15) is 5.60 Å². The molecule has 1 aromatic carbocycles. The Labute approximate surface area is 151 Å². The van der Waals surface area contributed by atoms with Crippen LogP contribution in [0.15, 0.2) is 30.3 Å². The van der Waals surface area contributed by atoms with Gasteiger partial charge in [-0.2, -0.15) is 0 Å². The van der Waals surface area contributed by atoms with Crippen LogP contribution in [-0.2, 0) is 16.1 Å². The standard InChI is InChI=1S/C21H31NO3/c1-21(2,3)25-20(23)22-11-9-17(10-12-22)19-13-18(19)15-24-14-16-7-5-4-6-8-16/h4-8,17-19H,9-15H2,1-3H3/t18-,19-/m1/s1. The maximum Gasteiger partial charge on any atom is 0.410 e. The Balaban J connectivity index is 1.34. The van der Waals surface area contributed by atoms with Crippen LogP contribution in [-0.4, -0.2) is 36.3 Å². The molecule has 2 atom stereocenters. The van der Waals surface area contributed by atoms with Gasteiger partial charge in [-0.25, -0.2) is 4.79 Å². The van der Waals surface area contributed by atoms with Gasteiger partial charge in [-0.05, 0) is 63.4 Å². The minimum Gasteiger partial charge on any atom is -0.444 e. The summed E-state index contributed by atoms with van der Waals surface area (Å²) < 4.78 is 11.4. The summed E-state index contributed by atoms with van der Waals surface area (Å²) in [6.45, 7) is 8.99. The number of nitrogens with zero attached hydrogens (tertiary/aromatic N) is 1. The molecule has 0 spiro atoms. The highest BCUT2D eigenvalue weighted by atomic mass is 16.6. The number of rotatable bonds is 5. The molecule has 0 unspecified atom stereocenters. The molecule has 1 saturated carbocycles. The predicted molar refractivity (Wildman–Crippen MR) is 98.2 cm³/mol. The van der Waals surface area contributed by atoms with Crippen molar-refractivity contribution in [2.75, 3.05) is 19.7 Å². The summed E-state index contributed by atoms with van der Waals surface area (Å²) in [4.78, 5) is 14.0. The van der Waals surface area contributed by atoms with Crippen LogP contribution < -0.4 is 0 Å². The maximum absolute atomic E-state index is 12.1. The highest BCUT2D eigenvalue weighted by Crippen LogP contribution is 2.48. The second kappa shape index (κ2) is 7.77. The van der Waals surface area contributed by atoms with E-state index >= 15 is 0 Å². The molecule has 2 aliphatic rings. The summed E-state index contributed by atoms with van der Waals surface area (Å²) in [7, 11) is 0. The van der Waals surface area contributed by atoms with Gasteiger partial charge in [0.25, 0.3) is 0 Å². The molecule has 0 radical (unpaired) electrons. The highest BCUT2D eigenvalue weighted by molar-refractivity contribution is 5.68. The van der Waals surface area contributed by atoms with Crippen molar-refractivity contribution in [1.82, 2.24) is 4.90 Å². The number of benzene rings is 1. The van der Waals surface area contributed by atoms with E-state index in [2.05, 4.69) is 24.3 Å². The molecule has 1 aliphatic heterocycles. The molecule has 1 aromatic rings. The van der Waals surface area contributed by atoms with Crippen molar-refractivity contribution >= 4 is 6.09 Å². The minimum absolute atomic E-state index is 0.163. The van der Waals surface area contributed by atoms with Crippen LogP contribution in [0.5, 0.6) is 0 Å². The first-order valence-corrected chi connectivity index (χ1v) is 9.52. The van der Waals surface area contributed by atoms with Gasteiger partial charge in [0.05, 0.1) is 13.2 Å². The molecule has 138 valence electrons. The number of carbonyl (C=O) groups is 1. The zero-order valence-electron chi connectivity index (χ0n) is 15.7. The van der Waals surface area contributed by atoms with Crippen molar-refractivity contribution in [3.63, 3.8) is 0 Å². The Morgan fingerprint density at radius 3 is 2.48 bits per heavy atom. The third-order valence-electron chi connectivity index (χ3n) is 5.22. The predicted octanol–water partition coefficient (Wildman–Crippen LogP) is 4.49. The van der Waals surface area contributed by atoms with E-state index in [1.54, 1.807) is 0 Å². The van der Waals surface area contributed by atoms with E-state index in [0.717, 1.165) is 44.4 Å². The van der Waals surface area contributed by atoms with E-state index in [9.17, 15) is 4.79 Å².